The van der Waals surface area contributed by atoms with Crippen molar-refractivity contribution in [3.05, 3.63) is 35.4 Å². The number of hydrogen-bond acceptors (Lipinski definition) is 0. The van der Waals surface area contributed by atoms with Crippen molar-refractivity contribution in [2.75, 3.05) is 0 Å². The predicted octanol–water partition coefficient (Wildman–Crippen LogP) is 4.46. The quantitative estimate of drug-likeness (QED) is 0.657. The Bertz CT molecular complexity index is 284. The molecule has 0 N–H and O–H groups in total. The van der Waals surface area contributed by atoms with Gasteiger partial charge in [-0.15, -0.1) is 0 Å². The highest BCUT2D eigenvalue weighted by Crippen LogP contribution is 2.30. The van der Waals surface area contributed by atoms with Crippen LogP contribution in [-0.2, 0) is 5.41 Å². The summed E-state index contributed by atoms with van der Waals surface area (Å²) in [6, 6.07) is 8.75. The molecule has 0 heteroatoms. The molecule has 0 amide bonds. The van der Waals surface area contributed by atoms with Gasteiger partial charge in [-0.2, -0.15) is 0 Å². The van der Waals surface area contributed by atoms with E-state index in [-0.39, 0.29) is 0 Å². The molecule has 0 unspecified atom stereocenters. The van der Waals surface area contributed by atoms with Crippen LogP contribution >= 0.6 is 0 Å². The van der Waals surface area contributed by atoms with Crippen molar-refractivity contribution in [3.63, 3.8) is 0 Å². The van der Waals surface area contributed by atoms with Gasteiger partial charge in [-0.1, -0.05) is 57.9 Å². The fraction of sp³-hybridized carbons (Fsp3) is 0.571. The van der Waals surface area contributed by atoms with E-state index in [0.29, 0.717) is 5.41 Å². The van der Waals surface area contributed by atoms with Crippen molar-refractivity contribution < 1.29 is 0 Å². The van der Waals surface area contributed by atoms with E-state index in [9.17, 15) is 0 Å². The molecule has 0 fully saturated rings. The van der Waals surface area contributed by atoms with Gasteiger partial charge in [0.15, 0.2) is 0 Å². The van der Waals surface area contributed by atoms with Crippen LogP contribution in [0.25, 0.3) is 0 Å². The second kappa shape index (κ2) is 4.63. The third kappa shape index (κ3) is 2.60. The Hall–Kier alpha value is -0.780. The third-order valence-corrected chi connectivity index (χ3v) is 3.03. The maximum absolute atomic E-state index is 2.35. The molecule has 1 aromatic rings. The smallest absolute Gasteiger partial charge is 0.0101 e. The van der Waals surface area contributed by atoms with Gasteiger partial charge in [0.25, 0.3) is 0 Å². The Labute approximate surface area is 88.4 Å². The molecule has 0 aromatic heterocycles. The normalized spacial score (nSPS) is 11.7. The summed E-state index contributed by atoms with van der Waals surface area (Å²) in [5.41, 5.74) is 3.27. The number of aryl methyl sites for hydroxylation is 1. The molecule has 0 nitrogen and oxygen atoms in total. The Balaban J connectivity index is 2.86. The van der Waals surface area contributed by atoms with Gasteiger partial charge in [0.05, 0.1) is 0 Å². The van der Waals surface area contributed by atoms with E-state index in [1.807, 2.05) is 0 Å². The lowest BCUT2D eigenvalue weighted by molar-refractivity contribution is 0.455. The van der Waals surface area contributed by atoms with E-state index in [0.717, 1.165) is 0 Å². The van der Waals surface area contributed by atoms with Gasteiger partial charge in [-0.05, 0) is 29.9 Å². The largest absolute Gasteiger partial charge is 0.0654 e. The molecular weight excluding hydrogens is 168 g/mol. The summed E-state index contributed by atoms with van der Waals surface area (Å²) in [7, 11) is 0. The highest BCUT2D eigenvalue weighted by Gasteiger charge is 2.20. The maximum Gasteiger partial charge on any atom is -0.0101 e. The highest BCUT2D eigenvalue weighted by molar-refractivity contribution is 5.31. The molecule has 0 bridgehead atoms. The minimum absolute atomic E-state index is 0.335. The van der Waals surface area contributed by atoms with Crippen molar-refractivity contribution in [1.29, 1.82) is 0 Å². The van der Waals surface area contributed by atoms with E-state index in [4.69, 9.17) is 0 Å². The second-order valence-corrected chi connectivity index (χ2v) is 4.80. The summed E-state index contributed by atoms with van der Waals surface area (Å²) >= 11 is 0. The van der Waals surface area contributed by atoms with Crippen LogP contribution in [0.15, 0.2) is 24.3 Å². The summed E-state index contributed by atoms with van der Waals surface area (Å²) in [5, 5.41) is 0. The van der Waals surface area contributed by atoms with Gasteiger partial charge in [0, 0.05) is 0 Å². The molecule has 14 heavy (non-hydrogen) atoms. The van der Waals surface area contributed by atoms with Crippen LogP contribution in [-0.4, -0.2) is 0 Å². The van der Waals surface area contributed by atoms with Gasteiger partial charge < -0.3 is 0 Å². The van der Waals surface area contributed by atoms with E-state index in [1.165, 1.54) is 30.4 Å². The summed E-state index contributed by atoms with van der Waals surface area (Å²) in [6.07, 6.45) is 3.89. The summed E-state index contributed by atoms with van der Waals surface area (Å²) in [5.74, 6) is 0. The predicted molar refractivity (Wildman–Crippen MR) is 63.7 cm³/mol. The Morgan fingerprint density at radius 1 is 1.14 bits per heavy atom. The Morgan fingerprint density at radius 3 is 2.36 bits per heavy atom. The lowest BCUT2D eigenvalue weighted by Gasteiger charge is -2.27. The monoisotopic (exact) mass is 190 g/mol. The average molecular weight is 190 g/mol. The SMILES string of the molecule is CCCCC(C)(C)c1ccccc1C. The van der Waals surface area contributed by atoms with Crippen LogP contribution in [0.3, 0.4) is 0 Å². The van der Waals surface area contributed by atoms with Gasteiger partial charge in [0.1, 0.15) is 0 Å². The molecule has 0 radical (unpaired) electrons. The fourth-order valence-electron chi connectivity index (χ4n) is 2.09. The lowest BCUT2D eigenvalue weighted by atomic mass is 9.78. The van der Waals surface area contributed by atoms with E-state index >= 15 is 0 Å². The minimum atomic E-state index is 0.335. The van der Waals surface area contributed by atoms with Crippen molar-refractivity contribution in [2.45, 2.75) is 52.4 Å². The van der Waals surface area contributed by atoms with Crippen molar-refractivity contribution in [1.82, 2.24) is 0 Å². The first-order valence-electron chi connectivity index (χ1n) is 5.64. The molecule has 0 aliphatic heterocycles. The molecule has 0 saturated carbocycles. The van der Waals surface area contributed by atoms with E-state index in [1.54, 1.807) is 0 Å². The van der Waals surface area contributed by atoms with Crippen LogP contribution in [0.2, 0.25) is 0 Å². The molecule has 1 aromatic carbocycles. The van der Waals surface area contributed by atoms with Crippen molar-refractivity contribution >= 4 is 0 Å². The van der Waals surface area contributed by atoms with Crippen LogP contribution in [0, 0.1) is 6.92 Å². The Morgan fingerprint density at radius 2 is 1.79 bits per heavy atom. The maximum atomic E-state index is 2.35. The first-order chi connectivity index (χ1) is 6.58. The Kier molecular flexibility index (Phi) is 3.74. The van der Waals surface area contributed by atoms with Crippen molar-refractivity contribution in [3.8, 4) is 0 Å². The van der Waals surface area contributed by atoms with Crippen molar-refractivity contribution in [2.24, 2.45) is 0 Å². The highest BCUT2D eigenvalue weighted by atomic mass is 14.2. The summed E-state index contributed by atoms with van der Waals surface area (Å²) in [6.45, 7) is 9.17. The topological polar surface area (TPSA) is 0 Å². The number of unbranched alkanes of at least 4 members (excludes halogenated alkanes) is 1. The molecule has 0 spiro atoms. The number of rotatable bonds is 4. The molecule has 0 aliphatic rings. The molecule has 0 saturated heterocycles. The number of hydrogen-bond donors (Lipinski definition) is 0. The molecule has 78 valence electrons. The zero-order chi connectivity index (χ0) is 10.6. The van der Waals surface area contributed by atoms with Gasteiger partial charge in [0.2, 0.25) is 0 Å². The third-order valence-electron chi connectivity index (χ3n) is 3.03. The van der Waals surface area contributed by atoms with Gasteiger partial charge in [-0.25, -0.2) is 0 Å². The standard InChI is InChI=1S/C14H22/c1-5-6-11-14(3,4)13-10-8-7-9-12(13)2/h7-10H,5-6,11H2,1-4H3. The van der Waals surface area contributed by atoms with Crippen LogP contribution < -0.4 is 0 Å². The van der Waals surface area contributed by atoms with E-state index < -0.39 is 0 Å². The van der Waals surface area contributed by atoms with Crippen LogP contribution in [0.5, 0.6) is 0 Å². The zero-order valence-electron chi connectivity index (χ0n) is 9.93. The average Bonchev–Trinajstić information content (AvgIpc) is 2.15. The molecule has 0 heterocycles. The summed E-state index contributed by atoms with van der Waals surface area (Å²) in [4.78, 5) is 0. The minimum Gasteiger partial charge on any atom is -0.0654 e. The van der Waals surface area contributed by atoms with E-state index in [2.05, 4.69) is 52.0 Å². The fourth-order valence-corrected chi connectivity index (χ4v) is 2.09. The second-order valence-electron chi connectivity index (χ2n) is 4.80. The number of benzene rings is 1. The lowest BCUT2D eigenvalue weighted by Crippen LogP contribution is -2.18. The summed E-state index contributed by atoms with van der Waals surface area (Å²) < 4.78 is 0. The van der Waals surface area contributed by atoms with Crippen LogP contribution in [0.4, 0.5) is 0 Å². The van der Waals surface area contributed by atoms with Gasteiger partial charge in [-0.3, -0.25) is 0 Å². The molecular formula is C14H22. The van der Waals surface area contributed by atoms with Gasteiger partial charge >= 0.3 is 0 Å². The molecule has 1 rings (SSSR count). The van der Waals surface area contributed by atoms with Crippen LogP contribution in [0.1, 0.15) is 51.2 Å². The first kappa shape index (κ1) is 11.3. The first-order valence-corrected chi connectivity index (χ1v) is 5.64. The molecule has 0 atom stereocenters. The zero-order valence-corrected chi connectivity index (χ0v) is 9.93. The molecule has 0 aliphatic carbocycles.